The highest BCUT2D eigenvalue weighted by Crippen LogP contribution is 2.30. The largest absolute Gasteiger partial charge is 0.312 e. The number of nitrogens with one attached hydrogen (secondary N) is 1. The minimum atomic E-state index is 0.687. The maximum atomic E-state index is 3.52. The summed E-state index contributed by atoms with van der Waals surface area (Å²) in [6.07, 6.45) is 0. The molecular formula is C18H23NS. The van der Waals surface area contributed by atoms with Gasteiger partial charge in [0.1, 0.15) is 0 Å². The predicted molar refractivity (Wildman–Crippen MR) is 88.3 cm³/mol. The molecule has 0 heterocycles. The quantitative estimate of drug-likeness (QED) is 0.811. The lowest BCUT2D eigenvalue weighted by atomic mass is 10.2. The molecule has 2 rings (SSSR count). The van der Waals surface area contributed by atoms with Gasteiger partial charge in [0.25, 0.3) is 0 Å². The van der Waals surface area contributed by atoms with E-state index in [-0.39, 0.29) is 0 Å². The Morgan fingerprint density at radius 1 is 1.00 bits per heavy atom. The summed E-state index contributed by atoms with van der Waals surface area (Å²) >= 11 is 1.84. The van der Waals surface area contributed by atoms with Crippen LogP contribution < -0.4 is 5.32 Å². The molecule has 0 saturated heterocycles. The molecule has 0 aromatic heterocycles. The van der Waals surface area contributed by atoms with Crippen molar-refractivity contribution >= 4 is 11.8 Å². The van der Waals surface area contributed by atoms with Crippen molar-refractivity contribution in [1.29, 1.82) is 0 Å². The molecule has 0 unspecified atom stereocenters. The number of rotatable bonds is 6. The van der Waals surface area contributed by atoms with Gasteiger partial charge in [-0.3, -0.25) is 0 Å². The van der Waals surface area contributed by atoms with Crippen molar-refractivity contribution in [1.82, 2.24) is 5.32 Å². The van der Waals surface area contributed by atoms with Crippen LogP contribution in [0.2, 0.25) is 0 Å². The van der Waals surface area contributed by atoms with Crippen LogP contribution in [0.5, 0.6) is 0 Å². The van der Waals surface area contributed by atoms with Crippen LogP contribution in [0.25, 0.3) is 0 Å². The van der Waals surface area contributed by atoms with Gasteiger partial charge < -0.3 is 5.32 Å². The molecule has 1 nitrogen and oxygen atoms in total. The SMILES string of the molecule is Cc1ccc(Sc2ccccc2CNCC(C)C)cc1. The molecule has 2 aromatic carbocycles. The minimum Gasteiger partial charge on any atom is -0.312 e. The molecule has 2 heteroatoms. The minimum absolute atomic E-state index is 0.687. The molecule has 20 heavy (non-hydrogen) atoms. The van der Waals surface area contributed by atoms with Crippen LogP contribution in [0, 0.1) is 12.8 Å². The first kappa shape index (κ1) is 15.1. The third kappa shape index (κ3) is 4.69. The van der Waals surface area contributed by atoms with Crippen molar-refractivity contribution in [2.45, 2.75) is 37.1 Å². The van der Waals surface area contributed by atoms with E-state index < -0.39 is 0 Å². The lowest BCUT2D eigenvalue weighted by Crippen LogP contribution is -2.19. The number of hydrogen-bond donors (Lipinski definition) is 1. The van der Waals surface area contributed by atoms with Gasteiger partial charge in [0, 0.05) is 16.3 Å². The summed E-state index contributed by atoms with van der Waals surface area (Å²) in [5.74, 6) is 0.687. The Morgan fingerprint density at radius 3 is 2.40 bits per heavy atom. The van der Waals surface area contributed by atoms with Gasteiger partial charge in [-0.1, -0.05) is 61.5 Å². The molecule has 0 bridgehead atoms. The van der Waals surface area contributed by atoms with Crippen molar-refractivity contribution in [2.75, 3.05) is 6.54 Å². The molecule has 0 fully saturated rings. The molecule has 1 N–H and O–H groups in total. The van der Waals surface area contributed by atoms with Crippen LogP contribution in [-0.2, 0) is 6.54 Å². The van der Waals surface area contributed by atoms with Crippen molar-refractivity contribution in [3.8, 4) is 0 Å². The summed E-state index contributed by atoms with van der Waals surface area (Å²) in [5.41, 5.74) is 2.68. The first-order valence-corrected chi connectivity index (χ1v) is 8.00. The Morgan fingerprint density at radius 2 is 1.70 bits per heavy atom. The number of benzene rings is 2. The topological polar surface area (TPSA) is 12.0 Å². The maximum Gasteiger partial charge on any atom is 0.0216 e. The van der Waals surface area contributed by atoms with Crippen LogP contribution in [0.3, 0.4) is 0 Å². The summed E-state index contributed by atoms with van der Waals surface area (Å²) in [7, 11) is 0. The van der Waals surface area contributed by atoms with Gasteiger partial charge in [0.2, 0.25) is 0 Å². The predicted octanol–water partition coefficient (Wildman–Crippen LogP) is 4.89. The molecule has 0 radical (unpaired) electrons. The lowest BCUT2D eigenvalue weighted by Gasteiger charge is -2.11. The summed E-state index contributed by atoms with van der Waals surface area (Å²) < 4.78 is 0. The third-order valence-corrected chi connectivity index (χ3v) is 4.22. The third-order valence-electron chi connectivity index (χ3n) is 3.09. The van der Waals surface area contributed by atoms with Crippen LogP contribution >= 0.6 is 11.8 Å². The van der Waals surface area contributed by atoms with Gasteiger partial charge in [-0.05, 0) is 43.1 Å². The molecule has 0 atom stereocenters. The van der Waals surface area contributed by atoms with E-state index in [4.69, 9.17) is 0 Å². The first-order chi connectivity index (χ1) is 9.65. The van der Waals surface area contributed by atoms with E-state index in [1.807, 2.05) is 11.8 Å². The Balaban J connectivity index is 2.05. The molecule has 0 aliphatic heterocycles. The molecular weight excluding hydrogens is 262 g/mol. The van der Waals surface area contributed by atoms with Crippen molar-refractivity contribution < 1.29 is 0 Å². The van der Waals surface area contributed by atoms with Gasteiger partial charge >= 0.3 is 0 Å². The van der Waals surface area contributed by atoms with Crippen LogP contribution in [0.1, 0.15) is 25.0 Å². The molecule has 0 aliphatic rings. The van der Waals surface area contributed by atoms with Crippen molar-refractivity contribution in [3.05, 3.63) is 59.7 Å². The smallest absolute Gasteiger partial charge is 0.0216 e. The Hall–Kier alpha value is -1.25. The van der Waals surface area contributed by atoms with E-state index in [2.05, 4.69) is 74.6 Å². The average Bonchev–Trinajstić information content (AvgIpc) is 2.43. The van der Waals surface area contributed by atoms with Gasteiger partial charge in [0.15, 0.2) is 0 Å². The summed E-state index contributed by atoms with van der Waals surface area (Å²) in [6.45, 7) is 8.59. The maximum absolute atomic E-state index is 3.52. The van der Waals surface area contributed by atoms with Gasteiger partial charge in [0.05, 0.1) is 0 Å². The van der Waals surface area contributed by atoms with E-state index >= 15 is 0 Å². The van der Waals surface area contributed by atoms with Crippen LogP contribution in [0.15, 0.2) is 58.3 Å². The second-order valence-electron chi connectivity index (χ2n) is 5.55. The van der Waals surface area contributed by atoms with Gasteiger partial charge in [-0.15, -0.1) is 0 Å². The molecule has 2 aromatic rings. The highest BCUT2D eigenvalue weighted by molar-refractivity contribution is 7.99. The second kappa shape index (κ2) is 7.51. The second-order valence-corrected chi connectivity index (χ2v) is 6.66. The molecule has 0 saturated carbocycles. The van der Waals surface area contributed by atoms with Crippen molar-refractivity contribution in [2.24, 2.45) is 5.92 Å². The molecule has 0 amide bonds. The monoisotopic (exact) mass is 285 g/mol. The van der Waals surface area contributed by atoms with Crippen molar-refractivity contribution in [3.63, 3.8) is 0 Å². The number of hydrogen-bond acceptors (Lipinski definition) is 2. The zero-order valence-electron chi connectivity index (χ0n) is 12.5. The highest BCUT2D eigenvalue weighted by Gasteiger charge is 2.04. The molecule has 106 valence electrons. The Labute approximate surface area is 126 Å². The highest BCUT2D eigenvalue weighted by atomic mass is 32.2. The van der Waals surface area contributed by atoms with E-state index in [1.165, 1.54) is 20.9 Å². The summed E-state index contributed by atoms with van der Waals surface area (Å²) in [4.78, 5) is 2.64. The average molecular weight is 285 g/mol. The van der Waals surface area contributed by atoms with E-state index in [9.17, 15) is 0 Å². The molecule has 0 aliphatic carbocycles. The standard InChI is InChI=1S/C18H23NS/c1-14(2)12-19-13-16-6-4-5-7-18(16)20-17-10-8-15(3)9-11-17/h4-11,14,19H,12-13H2,1-3H3. The van der Waals surface area contributed by atoms with Crippen LogP contribution in [0.4, 0.5) is 0 Å². The first-order valence-electron chi connectivity index (χ1n) is 7.18. The van der Waals surface area contributed by atoms with E-state index in [0.717, 1.165) is 13.1 Å². The molecule has 0 spiro atoms. The van der Waals surface area contributed by atoms with Gasteiger partial charge in [-0.2, -0.15) is 0 Å². The fourth-order valence-corrected chi connectivity index (χ4v) is 2.92. The number of aryl methyl sites for hydroxylation is 1. The van der Waals surface area contributed by atoms with E-state index in [0.29, 0.717) is 5.92 Å². The lowest BCUT2D eigenvalue weighted by molar-refractivity contribution is 0.550. The fourth-order valence-electron chi connectivity index (χ4n) is 1.98. The summed E-state index contributed by atoms with van der Waals surface area (Å²) in [6, 6.07) is 17.4. The zero-order chi connectivity index (χ0) is 14.4. The Bertz CT molecular complexity index is 531. The zero-order valence-corrected chi connectivity index (χ0v) is 13.3. The summed E-state index contributed by atoms with van der Waals surface area (Å²) in [5, 5.41) is 3.52. The Kier molecular flexibility index (Phi) is 5.69. The van der Waals surface area contributed by atoms with Crippen LogP contribution in [-0.4, -0.2) is 6.54 Å². The van der Waals surface area contributed by atoms with Gasteiger partial charge in [-0.25, -0.2) is 0 Å². The fraction of sp³-hybridized carbons (Fsp3) is 0.333. The van der Waals surface area contributed by atoms with E-state index in [1.54, 1.807) is 0 Å². The normalized spacial score (nSPS) is 11.0.